The molecule has 4 rings (SSSR count). The monoisotopic (exact) mass is 364 g/mol. The van der Waals surface area contributed by atoms with Gasteiger partial charge in [0.25, 0.3) is 0 Å². The molecule has 26 heavy (non-hydrogen) atoms. The highest BCUT2D eigenvalue weighted by Crippen LogP contribution is 2.44. The van der Waals surface area contributed by atoms with Crippen molar-refractivity contribution in [2.24, 2.45) is 0 Å². The van der Waals surface area contributed by atoms with Gasteiger partial charge in [-0.15, -0.1) is 11.3 Å². The Labute approximate surface area is 156 Å². The number of guanidine groups is 1. The van der Waals surface area contributed by atoms with Crippen molar-refractivity contribution >= 4 is 23.2 Å². The van der Waals surface area contributed by atoms with E-state index in [9.17, 15) is 4.79 Å². The van der Waals surface area contributed by atoms with Crippen molar-refractivity contribution in [3.05, 3.63) is 57.3 Å². The predicted octanol–water partition coefficient (Wildman–Crippen LogP) is 3.49. The van der Waals surface area contributed by atoms with Crippen LogP contribution < -0.4 is 5.32 Å². The average Bonchev–Trinajstić information content (AvgIpc) is 3.36. The first-order valence-corrected chi connectivity index (χ1v) is 9.55. The Kier molecular flexibility index (Phi) is 3.85. The number of nitriles is 1. The lowest BCUT2D eigenvalue weighted by molar-refractivity contribution is -0.131. The molecule has 2 atom stereocenters. The van der Waals surface area contributed by atoms with E-state index in [4.69, 9.17) is 10.7 Å². The molecule has 2 aliphatic rings. The number of carbonyl (C=O) groups is 1. The normalized spacial score (nSPS) is 25.7. The second-order valence-corrected chi connectivity index (χ2v) is 8.17. The van der Waals surface area contributed by atoms with Gasteiger partial charge in [0.1, 0.15) is 6.07 Å². The van der Waals surface area contributed by atoms with Crippen molar-refractivity contribution in [1.29, 1.82) is 10.7 Å². The molecule has 2 N–H and O–H groups in total. The van der Waals surface area contributed by atoms with Crippen molar-refractivity contribution in [2.75, 3.05) is 7.05 Å². The van der Waals surface area contributed by atoms with E-state index in [1.807, 2.05) is 25.1 Å². The number of carbonyl (C=O) groups excluding carboxylic acids is 1. The van der Waals surface area contributed by atoms with Gasteiger partial charge in [0.15, 0.2) is 5.96 Å². The van der Waals surface area contributed by atoms with Crippen molar-refractivity contribution in [3.63, 3.8) is 0 Å². The Morgan fingerprint density at radius 3 is 2.54 bits per heavy atom. The summed E-state index contributed by atoms with van der Waals surface area (Å²) in [6.45, 7) is 1.94. The zero-order valence-electron chi connectivity index (χ0n) is 14.7. The molecule has 2 aromatic rings. The van der Waals surface area contributed by atoms with Crippen molar-refractivity contribution < 1.29 is 4.79 Å². The first-order valence-electron chi connectivity index (χ1n) is 8.67. The Morgan fingerprint density at radius 2 is 1.96 bits per heavy atom. The van der Waals surface area contributed by atoms with E-state index in [2.05, 4.69) is 23.5 Å². The summed E-state index contributed by atoms with van der Waals surface area (Å²) >= 11 is 1.45. The molecule has 0 bridgehead atoms. The molecule has 1 amide bonds. The van der Waals surface area contributed by atoms with E-state index < -0.39 is 11.5 Å². The van der Waals surface area contributed by atoms with Crippen LogP contribution in [0.1, 0.15) is 53.2 Å². The number of thiophene rings is 1. The number of benzene rings is 1. The molecule has 2 fully saturated rings. The molecule has 2 unspecified atom stereocenters. The zero-order chi connectivity index (χ0) is 18.5. The predicted molar refractivity (Wildman–Crippen MR) is 101 cm³/mol. The highest BCUT2D eigenvalue weighted by Gasteiger charge is 2.49. The highest BCUT2D eigenvalue weighted by atomic mass is 32.1. The maximum absolute atomic E-state index is 13.1. The Balaban J connectivity index is 1.79. The summed E-state index contributed by atoms with van der Waals surface area (Å²) in [5, 5.41) is 22.3. The summed E-state index contributed by atoms with van der Waals surface area (Å²) < 4.78 is 0. The minimum absolute atomic E-state index is 0.0789. The smallest absolute Gasteiger partial charge is 0.239 e. The van der Waals surface area contributed by atoms with Gasteiger partial charge in [-0.05, 0) is 42.9 Å². The number of likely N-dealkylation sites (N-methyl/N-ethyl adjacent to an activating group) is 1. The molecular weight excluding hydrogens is 344 g/mol. The van der Waals surface area contributed by atoms with Gasteiger partial charge in [-0.25, -0.2) is 0 Å². The van der Waals surface area contributed by atoms with Gasteiger partial charge in [-0.3, -0.25) is 15.1 Å². The third-order valence-electron chi connectivity index (χ3n) is 5.43. The third kappa shape index (κ3) is 2.60. The lowest BCUT2D eigenvalue weighted by Crippen LogP contribution is -2.62. The Hall–Kier alpha value is -2.65. The van der Waals surface area contributed by atoms with Gasteiger partial charge in [-0.1, -0.05) is 24.3 Å². The number of nitrogens with one attached hydrogen (secondary N) is 2. The number of rotatable bonds is 3. The summed E-state index contributed by atoms with van der Waals surface area (Å²) in [7, 11) is 1.62. The molecule has 0 spiro atoms. The van der Waals surface area contributed by atoms with Crippen LogP contribution in [-0.4, -0.2) is 23.8 Å². The van der Waals surface area contributed by atoms with Crippen molar-refractivity contribution in [2.45, 2.75) is 37.1 Å². The van der Waals surface area contributed by atoms with E-state index in [1.165, 1.54) is 34.6 Å². The first-order chi connectivity index (χ1) is 12.4. The minimum Gasteiger partial charge on any atom is -0.345 e. The van der Waals surface area contributed by atoms with E-state index in [1.54, 1.807) is 12.4 Å². The molecule has 1 aromatic heterocycles. The molecule has 0 radical (unpaired) electrons. The van der Waals surface area contributed by atoms with Gasteiger partial charge in [0, 0.05) is 17.3 Å². The van der Waals surface area contributed by atoms with Crippen LogP contribution in [0.3, 0.4) is 0 Å². The summed E-state index contributed by atoms with van der Waals surface area (Å²) in [4.78, 5) is 15.4. The van der Waals surface area contributed by atoms with Crippen LogP contribution in [0.5, 0.6) is 0 Å². The fourth-order valence-electron chi connectivity index (χ4n) is 3.68. The van der Waals surface area contributed by atoms with Crippen molar-refractivity contribution in [3.8, 4) is 6.07 Å². The maximum atomic E-state index is 13.1. The van der Waals surface area contributed by atoms with Crippen LogP contribution in [0.2, 0.25) is 0 Å². The molecular formula is C20H20N4OS. The second-order valence-electron chi connectivity index (χ2n) is 7.26. The molecule has 1 saturated heterocycles. The van der Waals surface area contributed by atoms with E-state index in [0.29, 0.717) is 11.5 Å². The SMILES string of the molecule is CN1C(=N)NC(C)(c2cc(C#N)cs2)C(c2ccc(C3CC3)cc2)C1=O. The van der Waals surface area contributed by atoms with E-state index >= 15 is 0 Å². The average molecular weight is 364 g/mol. The van der Waals surface area contributed by atoms with Crippen LogP contribution >= 0.6 is 11.3 Å². The maximum Gasteiger partial charge on any atom is 0.239 e. The Bertz CT molecular complexity index is 922. The fourth-order valence-corrected chi connectivity index (χ4v) is 4.66. The molecule has 1 aromatic carbocycles. The number of hydrogen-bond donors (Lipinski definition) is 2. The summed E-state index contributed by atoms with van der Waals surface area (Å²) in [6.07, 6.45) is 2.49. The minimum atomic E-state index is -0.762. The number of amides is 1. The van der Waals surface area contributed by atoms with Gasteiger partial charge < -0.3 is 5.32 Å². The van der Waals surface area contributed by atoms with Gasteiger partial charge in [-0.2, -0.15) is 5.26 Å². The van der Waals surface area contributed by atoms with Crippen LogP contribution in [0, 0.1) is 16.7 Å². The standard InChI is InChI=1S/C20H20N4OS/c1-20(16-9-12(10-21)11-26-16)17(18(25)24(2)19(22)23-20)15-7-5-14(6-8-15)13-3-4-13/h5-9,11,13,17H,3-4H2,1-2H3,(H2,22,23). The lowest BCUT2D eigenvalue weighted by atomic mass is 9.76. The molecule has 5 nitrogen and oxygen atoms in total. The van der Waals surface area contributed by atoms with Crippen LogP contribution in [0.25, 0.3) is 0 Å². The van der Waals surface area contributed by atoms with Gasteiger partial charge in [0.05, 0.1) is 17.0 Å². The largest absolute Gasteiger partial charge is 0.345 e. The molecule has 132 valence electrons. The number of hydrogen-bond acceptors (Lipinski definition) is 4. The quantitative estimate of drug-likeness (QED) is 0.875. The van der Waals surface area contributed by atoms with E-state index in [-0.39, 0.29) is 11.9 Å². The summed E-state index contributed by atoms with van der Waals surface area (Å²) in [6, 6.07) is 12.3. The Morgan fingerprint density at radius 1 is 1.31 bits per heavy atom. The van der Waals surface area contributed by atoms with Crippen molar-refractivity contribution in [1.82, 2.24) is 10.2 Å². The second kappa shape index (κ2) is 5.96. The molecule has 1 saturated carbocycles. The van der Waals surface area contributed by atoms with Crippen LogP contribution in [0.15, 0.2) is 35.7 Å². The molecule has 2 heterocycles. The molecule has 1 aliphatic carbocycles. The van der Waals surface area contributed by atoms with E-state index in [0.717, 1.165) is 10.4 Å². The lowest BCUT2D eigenvalue weighted by Gasteiger charge is -2.45. The molecule has 6 heteroatoms. The number of nitrogens with zero attached hydrogens (tertiary/aromatic N) is 2. The fraction of sp³-hybridized carbons (Fsp3) is 0.350. The van der Waals surface area contributed by atoms with Gasteiger partial charge in [0.2, 0.25) is 5.91 Å². The first kappa shape index (κ1) is 16.8. The third-order valence-corrected chi connectivity index (χ3v) is 6.59. The van der Waals surface area contributed by atoms with Gasteiger partial charge >= 0.3 is 0 Å². The molecule has 1 aliphatic heterocycles. The topological polar surface area (TPSA) is 80.0 Å². The summed E-state index contributed by atoms with van der Waals surface area (Å²) in [5.41, 5.74) is 2.08. The zero-order valence-corrected chi connectivity index (χ0v) is 15.6. The highest BCUT2D eigenvalue weighted by molar-refractivity contribution is 7.10. The van der Waals surface area contributed by atoms with Crippen LogP contribution in [0.4, 0.5) is 0 Å². The van der Waals surface area contributed by atoms with Crippen LogP contribution in [-0.2, 0) is 10.3 Å². The summed E-state index contributed by atoms with van der Waals surface area (Å²) in [5.74, 6) is 0.180.